The maximum atomic E-state index is 5.48. The highest BCUT2D eigenvalue weighted by molar-refractivity contribution is 6.24. The van der Waals surface area contributed by atoms with Crippen molar-refractivity contribution in [2.45, 2.75) is 19.3 Å². The van der Waals surface area contributed by atoms with Crippen LogP contribution in [0.2, 0.25) is 0 Å². The molecule has 5 nitrogen and oxygen atoms in total. The predicted octanol–water partition coefficient (Wildman–Crippen LogP) is 15.0. The van der Waals surface area contributed by atoms with E-state index in [1.807, 2.05) is 18.2 Å². The van der Waals surface area contributed by atoms with Crippen molar-refractivity contribution in [1.29, 1.82) is 0 Å². The number of para-hydroxylation sites is 3. The molecule has 1 aliphatic rings. The number of aromatic nitrogens is 5. The van der Waals surface area contributed by atoms with E-state index in [-0.39, 0.29) is 5.41 Å². The van der Waals surface area contributed by atoms with Gasteiger partial charge >= 0.3 is 0 Å². The summed E-state index contributed by atoms with van der Waals surface area (Å²) in [5, 5.41) is 4.59. The van der Waals surface area contributed by atoms with Gasteiger partial charge in [-0.3, -0.25) is 4.57 Å². The molecule has 0 saturated heterocycles. The van der Waals surface area contributed by atoms with E-state index in [9.17, 15) is 0 Å². The second-order valence-corrected chi connectivity index (χ2v) is 17.6. The zero-order chi connectivity index (χ0) is 43.2. The van der Waals surface area contributed by atoms with Gasteiger partial charge in [0.2, 0.25) is 5.95 Å². The maximum Gasteiger partial charge on any atom is 0.238 e. The molecular formula is C60H41N5. The van der Waals surface area contributed by atoms with Crippen LogP contribution >= 0.6 is 0 Å². The van der Waals surface area contributed by atoms with Crippen LogP contribution < -0.4 is 0 Å². The molecular weight excluding hydrogens is 791 g/mol. The Kier molecular flexibility index (Phi) is 8.18. The molecule has 1 aliphatic carbocycles. The van der Waals surface area contributed by atoms with Gasteiger partial charge in [-0.15, -0.1) is 0 Å². The lowest BCUT2D eigenvalue weighted by Gasteiger charge is -2.21. The van der Waals surface area contributed by atoms with Gasteiger partial charge in [-0.1, -0.05) is 202 Å². The van der Waals surface area contributed by atoms with Gasteiger partial charge in [0.25, 0.3) is 0 Å². The molecule has 0 aliphatic heterocycles. The maximum absolute atomic E-state index is 5.48. The number of fused-ring (bicyclic) bond motifs is 10. The van der Waals surface area contributed by atoms with Crippen molar-refractivity contribution in [3.63, 3.8) is 0 Å². The number of hydrogen-bond acceptors (Lipinski definition) is 3. The second kappa shape index (κ2) is 14.3. The summed E-state index contributed by atoms with van der Waals surface area (Å²) in [4.78, 5) is 16.1. The molecule has 65 heavy (non-hydrogen) atoms. The fourth-order valence-electron chi connectivity index (χ4n) is 10.5. The molecule has 306 valence electrons. The van der Waals surface area contributed by atoms with Gasteiger partial charge in [-0.05, 0) is 63.2 Å². The molecule has 12 aromatic rings. The molecule has 0 unspecified atom stereocenters. The minimum absolute atomic E-state index is 0.110. The van der Waals surface area contributed by atoms with Crippen molar-refractivity contribution in [1.82, 2.24) is 24.1 Å². The first-order valence-electron chi connectivity index (χ1n) is 22.3. The fraction of sp³-hybridized carbons (Fsp3) is 0.0500. The molecule has 5 heteroatoms. The van der Waals surface area contributed by atoms with Crippen LogP contribution in [0, 0.1) is 0 Å². The first kappa shape index (κ1) is 37.2. The molecule has 3 heterocycles. The van der Waals surface area contributed by atoms with E-state index in [1.54, 1.807) is 0 Å². The summed E-state index contributed by atoms with van der Waals surface area (Å²) in [5.74, 6) is 1.81. The monoisotopic (exact) mass is 831 g/mol. The summed E-state index contributed by atoms with van der Waals surface area (Å²) in [6.45, 7) is 4.63. The number of rotatable bonds is 6. The molecule has 0 amide bonds. The van der Waals surface area contributed by atoms with Crippen molar-refractivity contribution in [3.05, 3.63) is 223 Å². The summed E-state index contributed by atoms with van der Waals surface area (Å²) in [6.07, 6.45) is 0. The highest BCUT2D eigenvalue weighted by Crippen LogP contribution is 2.50. The van der Waals surface area contributed by atoms with Gasteiger partial charge in [-0.2, -0.15) is 9.97 Å². The van der Waals surface area contributed by atoms with Crippen LogP contribution in [0.5, 0.6) is 0 Å². The molecule has 0 spiro atoms. The molecule has 3 aromatic heterocycles. The smallest absolute Gasteiger partial charge is 0.238 e. The number of hydrogen-bond donors (Lipinski definition) is 0. The lowest BCUT2D eigenvalue weighted by molar-refractivity contribution is 0.660. The largest absolute Gasteiger partial charge is 0.307 e. The first-order valence-corrected chi connectivity index (χ1v) is 22.3. The standard InChI is InChI=1S/C60H41N5/c1-60(2)50-25-13-9-22-44(50)49-37-42(33-36-51(49)60)58-61-57(41-19-7-4-8-20-41)62-59(63-58)65-54-28-16-12-24-46(54)48-35-34-47-45-23-11-15-27-53(45)64(55(47)56(48)65)52-26-14-10-21-43(52)40-31-29-39(30-32-40)38-17-5-3-6-18-38/h3-37H,1-2H3. The van der Waals surface area contributed by atoms with Gasteiger partial charge in [0.1, 0.15) is 0 Å². The van der Waals surface area contributed by atoms with Crippen LogP contribution in [-0.4, -0.2) is 24.1 Å². The van der Waals surface area contributed by atoms with Crippen molar-refractivity contribution < 1.29 is 0 Å². The van der Waals surface area contributed by atoms with Gasteiger partial charge < -0.3 is 4.57 Å². The van der Waals surface area contributed by atoms with E-state index in [0.29, 0.717) is 17.6 Å². The summed E-state index contributed by atoms with van der Waals surface area (Å²) >= 11 is 0. The average Bonchev–Trinajstić information content (AvgIpc) is 3.97. The van der Waals surface area contributed by atoms with E-state index in [2.05, 4.69) is 217 Å². The Morgan fingerprint density at radius 2 is 0.831 bits per heavy atom. The minimum Gasteiger partial charge on any atom is -0.307 e. The molecule has 0 radical (unpaired) electrons. The first-order chi connectivity index (χ1) is 32.0. The molecule has 9 aromatic carbocycles. The molecule has 0 N–H and O–H groups in total. The Hall–Kier alpha value is -8.41. The SMILES string of the molecule is CC1(C)c2ccccc2-c2cc(-c3nc(-c4ccccc4)nc(-n4c5ccccc5c5ccc6c7ccccc7n(-c7ccccc7-c7ccc(-c8ccccc8)cc7)c6c54)n3)ccc21. The Bertz CT molecular complexity index is 3840. The summed E-state index contributed by atoms with van der Waals surface area (Å²) < 4.78 is 4.74. The third kappa shape index (κ3) is 5.68. The molecule has 0 atom stereocenters. The highest BCUT2D eigenvalue weighted by atomic mass is 15.2. The quantitative estimate of drug-likeness (QED) is 0.168. The lowest BCUT2D eigenvalue weighted by Crippen LogP contribution is -2.14. The molecule has 13 rings (SSSR count). The van der Waals surface area contributed by atoms with Crippen molar-refractivity contribution >= 4 is 43.6 Å². The Balaban J connectivity index is 1.10. The summed E-state index contributed by atoms with van der Waals surface area (Å²) in [7, 11) is 0. The summed E-state index contributed by atoms with van der Waals surface area (Å²) in [5.41, 5.74) is 17.0. The van der Waals surface area contributed by atoms with E-state index < -0.39 is 0 Å². The van der Waals surface area contributed by atoms with Crippen LogP contribution in [0.25, 0.3) is 111 Å². The van der Waals surface area contributed by atoms with Crippen molar-refractivity contribution in [3.8, 4) is 67.8 Å². The van der Waals surface area contributed by atoms with Crippen LogP contribution in [-0.2, 0) is 5.41 Å². The zero-order valence-corrected chi connectivity index (χ0v) is 35.9. The number of benzene rings is 9. The number of nitrogens with zero attached hydrogens (tertiary/aromatic N) is 5. The molecule has 0 fully saturated rings. The highest BCUT2D eigenvalue weighted by Gasteiger charge is 2.35. The molecule has 0 bridgehead atoms. The van der Waals surface area contributed by atoms with Gasteiger partial charge in [0.05, 0.1) is 27.8 Å². The van der Waals surface area contributed by atoms with Gasteiger partial charge in [0.15, 0.2) is 11.6 Å². The van der Waals surface area contributed by atoms with E-state index in [4.69, 9.17) is 15.0 Å². The van der Waals surface area contributed by atoms with E-state index in [1.165, 1.54) is 38.8 Å². The minimum atomic E-state index is -0.110. The third-order valence-corrected chi connectivity index (χ3v) is 13.6. The van der Waals surface area contributed by atoms with Crippen LogP contribution in [0.3, 0.4) is 0 Å². The molecule has 0 saturated carbocycles. The summed E-state index contributed by atoms with van der Waals surface area (Å²) in [6, 6.07) is 76.1. The lowest BCUT2D eigenvalue weighted by atomic mass is 9.82. The van der Waals surface area contributed by atoms with Gasteiger partial charge in [-0.25, -0.2) is 4.98 Å². The van der Waals surface area contributed by atoms with Crippen LogP contribution in [0.4, 0.5) is 0 Å². The van der Waals surface area contributed by atoms with E-state index in [0.717, 1.165) is 66.2 Å². The van der Waals surface area contributed by atoms with Crippen molar-refractivity contribution in [2.75, 3.05) is 0 Å². The Labute approximate surface area is 376 Å². The Morgan fingerprint density at radius 3 is 1.54 bits per heavy atom. The Morgan fingerprint density at radius 1 is 0.338 bits per heavy atom. The third-order valence-electron chi connectivity index (χ3n) is 13.6. The average molecular weight is 832 g/mol. The topological polar surface area (TPSA) is 48.5 Å². The van der Waals surface area contributed by atoms with Crippen molar-refractivity contribution in [2.24, 2.45) is 0 Å². The normalized spacial score (nSPS) is 12.9. The van der Waals surface area contributed by atoms with Gasteiger partial charge in [0, 0.05) is 43.7 Å². The fourth-order valence-corrected chi connectivity index (χ4v) is 10.5. The van der Waals surface area contributed by atoms with Crippen LogP contribution in [0.1, 0.15) is 25.0 Å². The predicted molar refractivity (Wildman–Crippen MR) is 268 cm³/mol. The van der Waals surface area contributed by atoms with Crippen LogP contribution in [0.15, 0.2) is 212 Å². The zero-order valence-electron chi connectivity index (χ0n) is 35.9. The van der Waals surface area contributed by atoms with E-state index >= 15 is 0 Å². The second-order valence-electron chi connectivity index (χ2n) is 17.6.